The summed E-state index contributed by atoms with van der Waals surface area (Å²) in [6.07, 6.45) is 5.91. The highest BCUT2D eigenvalue weighted by atomic mass is 16.7. The molecule has 2 aliphatic carbocycles. The molecule has 2 N–H and O–H groups in total. The molecule has 2 atom stereocenters. The molecule has 0 aliphatic heterocycles. The largest absolute Gasteiger partial charge is 0.373 e. The van der Waals surface area contributed by atoms with Crippen LogP contribution in [0.4, 0.5) is 0 Å². The summed E-state index contributed by atoms with van der Waals surface area (Å²) in [7, 11) is 0. The smallest absolute Gasteiger partial charge is 0.330 e. The van der Waals surface area contributed by atoms with Crippen LogP contribution in [0.3, 0.4) is 0 Å². The van der Waals surface area contributed by atoms with Gasteiger partial charge in [0.2, 0.25) is 0 Å². The third kappa shape index (κ3) is 2.45. The summed E-state index contributed by atoms with van der Waals surface area (Å²) < 4.78 is 0. The molecule has 0 radical (unpaired) electrons. The first-order valence-corrected chi connectivity index (χ1v) is 8.17. The minimum Gasteiger partial charge on any atom is -0.373 e. The number of nitrogens with two attached hydrogens (primary N) is 1. The molecule has 0 bridgehead atoms. The van der Waals surface area contributed by atoms with Gasteiger partial charge in [0.1, 0.15) is 0 Å². The number of aryl methyl sites for hydroxylation is 1. The Morgan fingerprint density at radius 3 is 2.95 bits per heavy atom. The van der Waals surface area contributed by atoms with Crippen LogP contribution in [0.15, 0.2) is 18.2 Å². The lowest BCUT2D eigenvalue weighted by atomic mass is 9.81. The second-order valence-electron chi connectivity index (χ2n) is 6.67. The van der Waals surface area contributed by atoms with Gasteiger partial charge in [-0.3, -0.25) is 4.79 Å². The van der Waals surface area contributed by atoms with Crippen LogP contribution in [0.2, 0.25) is 0 Å². The lowest BCUT2D eigenvalue weighted by Gasteiger charge is -2.24. The van der Waals surface area contributed by atoms with E-state index in [4.69, 9.17) is 5.90 Å². The number of ketones is 1. The van der Waals surface area contributed by atoms with Crippen LogP contribution >= 0.6 is 0 Å². The minimum absolute atomic E-state index is 0.258. The highest BCUT2D eigenvalue weighted by molar-refractivity contribution is 5.98. The zero-order chi connectivity index (χ0) is 15.7. The summed E-state index contributed by atoms with van der Waals surface area (Å²) in [6, 6.07) is 6.21. The van der Waals surface area contributed by atoms with Crippen LogP contribution in [0.25, 0.3) is 0 Å². The van der Waals surface area contributed by atoms with Gasteiger partial charge in [-0.25, -0.2) is 4.79 Å². The molecule has 1 fully saturated rings. The number of carbonyl (C=O) groups is 2. The second-order valence-corrected chi connectivity index (χ2v) is 6.67. The van der Waals surface area contributed by atoms with Crippen LogP contribution in [0, 0.1) is 5.41 Å². The highest BCUT2D eigenvalue weighted by Crippen LogP contribution is 2.49. The van der Waals surface area contributed by atoms with Crippen molar-refractivity contribution in [1.82, 2.24) is 0 Å². The van der Waals surface area contributed by atoms with Gasteiger partial charge >= 0.3 is 5.97 Å². The Morgan fingerprint density at radius 1 is 1.41 bits per heavy atom. The van der Waals surface area contributed by atoms with Crippen LogP contribution < -0.4 is 5.90 Å². The molecule has 118 valence electrons. The summed E-state index contributed by atoms with van der Waals surface area (Å²) in [5, 5.41) is 0. The first-order chi connectivity index (χ1) is 10.6. The summed E-state index contributed by atoms with van der Waals surface area (Å²) in [5.41, 5.74) is 2.86. The van der Waals surface area contributed by atoms with Crippen LogP contribution in [-0.2, 0) is 16.1 Å². The Kier molecular flexibility index (Phi) is 4.04. The number of fused-ring (bicyclic) bond motifs is 1. The van der Waals surface area contributed by atoms with Crippen molar-refractivity contribution in [3.05, 3.63) is 34.9 Å². The molecule has 22 heavy (non-hydrogen) atoms. The number of hydrogen-bond acceptors (Lipinski definition) is 4. The van der Waals surface area contributed by atoms with Gasteiger partial charge < -0.3 is 4.84 Å². The van der Waals surface area contributed by atoms with E-state index in [1.54, 1.807) is 0 Å². The van der Waals surface area contributed by atoms with Crippen LogP contribution in [0.5, 0.6) is 0 Å². The lowest BCUT2D eigenvalue weighted by Crippen LogP contribution is -2.31. The average Bonchev–Trinajstić information content (AvgIpc) is 3.00. The highest BCUT2D eigenvalue weighted by Gasteiger charge is 2.45. The van der Waals surface area contributed by atoms with Gasteiger partial charge in [0, 0.05) is 12.0 Å². The van der Waals surface area contributed by atoms with Gasteiger partial charge in [0.15, 0.2) is 5.78 Å². The molecule has 0 saturated heterocycles. The van der Waals surface area contributed by atoms with E-state index in [1.807, 2.05) is 13.0 Å². The maximum absolute atomic E-state index is 12.0. The van der Waals surface area contributed by atoms with E-state index < -0.39 is 5.41 Å². The van der Waals surface area contributed by atoms with Crippen molar-refractivity contribution in [2.75, 3.05) is 0 Å². The van der Waals surface area contributed by atoms with Crippen molar-refractivity contribution >= 4 is 11.8 Å². The Hall–Kier alpha value is -1.68. The molecule has 2 aliphatic rings. The van der Waals surface area contributed by atoms with E-state index in [-0.39, 0.29) is 11.8 Å². The van der Waals surface area contributed by atoms with E-state index >= 15 is 0 Å². The first kappa shape index (κ1) is 15.2. The third-order valence-electron chi connectivity index (χ3n) is 5.58. The number of rotatable bonds is 3. The fourth-order valence-corrected chi connectivity index (χ4v) is 4.11. The van der Waals surface area contributed by atoms with Gasteiger partial charge in [-0.05, 0) is 55.6 Å². The van der Waals surface area contributed by atoms with E-state index in [9.17, 15) is 9.59 Å². The zero-order valence-electron chi connectivity index (χ0n) is 13.1. The standard InChI is InChI=1S/C18H23NO3/c1-2-18(17(21)22-19)9-8-14(11-18)12-6-7-15-13(10-12)4-3-5-16(15)20/h6-7,10,14H,2-5,8-9,11,19H2,1H3. The predicted octanol–water partition coefficient (Wildman–Crippen LogP) is 3.29. The molecule has 3 rings (SSSR count). The van der Waals surface area contributed by atoms with E-state index in [0.717, 1.165) is 44.1 Å². The summed E-state index contributed by atoms with van der Waals surface area (Å²) in [6.45, 7) is 2.02. The number of Topliss-reactive ketones (excluding diaryl/α,β-unsaturated/α-hetero) is 1. The minimum atomic E-state index is -0.439. The third-order valence-corrected chi connectivity index (χ3v) is 5.58. The SMILES string of the molecule is CCC1(C(=O)ON)CCC(c2ccc3c(c2)CCCC3=O)C1. The Morgan fingerprint density at radius 2 is 2.23 bits per heavy atom. The average molecular weight is 301 g/mol. The number of hydrogen-bond donors (Lipinski definition) is 1. The van der Waals surface area contributed by atoms with Crippen molar-refractivity contribution in [3.8, 4) is 0 Å². The second kappa shape index (κ2) is 5.84. The van der Waals surface area contributed by atoms with Crippen LogP contribution in [-0.4, -0.2) is 11.8 Å². The fraction of sp³-hybridized carbons (Fsp3) is 0.556. The van der Waals surface area contributed by atoms with Gasteiger partial charge in [-0.15, -0.1) is 0 Å². The van der Waals surface area contributed by atoms with Crippen LogP contribution in [0.1, 0.15) is 72.9 Å². The van der Waals surface area contributed by atoms with Crippen molar-refractivity contribution in [1.29, 1.82) is 0 Å². The molecule has 0 aromatic heterocycles. The Balaban J connectivity index is 1.84. The molecular formula is C18H23NO3. The fourth-order valence-electron chi connectivity index (χ4n) is 4.11. The van der Waals surface area contributed by atoms with Crippen molar-refractivity contribution in [2.45, 2.75) is 57.8 Å². The monoisotopic (exact) mass is 301 g/mol. The molecule has 1 saturated carbocycles. The lowest BCUT2D eigenvalue weighted by molar-refractivity contribution is -0.156. The predicted molar refractivity (Wildman–Crippen MR) is 83.3 cm³/mol. The molecule has 2 unspecified atom stereocenters. The Labute approximate surface area is 131 Å². The maximum Gasteiger partial charge on any atom is 0.330 e. The van der Waals surface area contributed by atoms with E-state index in [1.165, 1.54) is 11.1 Å². The van der Waals surface area contributed by atoms with Gasteiger partial charge in [-0.2, -0.15) is 5.90 Å². The molecule has 0 spiro atoms. The first-order valence-electron chi connectivity index (χ1n) is 8.17. The molecule has 1 aromatic rings. The van der Waals surface area contributed by atoms with Crippen molar-refractivity contribution in [2.24, 2.45) is 11.3 Å². The quantitative estimate of drug-likeness (QED) is 0.870. The summed E-state index contributed by atoms with van der Waals surface area (Å²) in [5.74, 6) is 5.44. The zero-order valence-corrected chi connectivity index (χ0v) is 13.1. The Bertz CT molecular complexity index is 610. The molecular weight excluding hydrogens is 278 g/mol. The molecule has 0 heterocycles. The molecule has 4 heteroatoms. The van der Waals surface area contributed by atoms with Crippen molar-refractivity contribution < 1.29 is 14.4 Å². The summed E-state index contributed by atoms with van der Waals surface area (Å²) in [4.78, 5) is 28.5. The van der Waals surface area contributed by atoms with Crippen molar-refractivity contribution in [3.63, 3.8) is 0 Å². The maximum atomic E-state index is 12.0. The number of benzene rings is 1. The van der Waals surface area contributed by atoms with Gasteiger partial charge in [0.25, 0.3) is 0 Å². The van der Waals surface area contributed by atoms with E-state index in [2.05, 4.69) is 17.0 Å². The summed E-state index contributed by atoms with van der Waals surface area (Å²) >= 11 is 0. The molecule has 1 aromatic carbocycles. The number of carbonyl (C=O) groups excluding carboxylic acids is 2. The molecule has 0 amide bonds. The van der Waals surface area contributed by atoms with Gasteiger partial charge in [-0.1, -0.05) is 25.1 Å². The van der Waals surface area contributed by atoms with Gasteiger partial charge in [0.05, 0.1) is 5.41 Å². The topological polar surface area (TPSA) is 69.4 Å². The normalized spacial score (nSPS) is 27.5. The molecule has 4 nitrogen and oxygen atoms in total. The van der Waals surface area contributed by atoms with E-state index in [0.29, 0.717) is 12.3 Å².